The van der Waals surface area contributed by atoms with Gasteiger partial charge in [0, 0.05) is 6.07 Å². The quantitative estimate of drug-likeness (QED) is 0.836. The molecule has 5 nitrogen and oxygen atoms in total. The molecule has 1 rings (SSSR count). The molecule has 0 fully saturated rings. The normalized spacial score (nSPS) is 12.9. The number of hydrogen-bond acceptors (Lipinski definition) is 4. The predicted octanol–water partition coefficient (Wildman–Crippen LogP) is 1.54. The third-order valence-electron chi connectivity index (χ3n) is 2.22. The summed E-state index contributed by atoms with van der Waals surface area (Å²) in [5, 5.41) is 2.92. The molecule has 2 N–H and O–H groups in total. The van der Waals surface area contributed by atoms with E-state index in [1.807, 2.05) is 6.92 Å². The minimum absolute atomic E-state index is 0.0579. The van der Waals surface area contributed by atoms with Crippen molar-refractivity contribution < 1.29 is 26.0 Å². The topological polar surface area (TPSA) is 71.3 Å². The Balaban J connectivity index is 2.86. The van der Waals surface area contributed by atoms with Crippen molar-refractivity contribution in [2.75, 3.05) is 13.1 Å². The molecule has 0 bridgehead atoms. The number of alkyl halides is 3. The molecule has 1 aromatic heterocycles. The van der Waals surface area contributed by atoms with E-state index in [9.17, 15) is 21.6 Å². The number of hydrogen-bond donors (Lipinski definition) is 2. The highest BCUT2D eigenvalue weighted by Gasteiger charge is 2.31. The summed E-state index contributed by atoms with van der Waals surface area (Å²) < 4.78 is 66.1. The molecule has 0 aliphatic carbocycles. The van der Waals surface area contributed by atoms with Crippen LogP contribution in [0.5, 0.6) is 0 Å². The largest absolute Gasteiger partial charge is 0.464 e. The SMILES string of the molecule is CCNCc1cc(S(=O)(=O)NCC(F)(F)F)c(C)o1. The maximum atomic E-state index is 12.0. The summed E-state index contributed by atoms with van der Waals surface area (Å²) in [4.78, 5) is -0.273. The second kappa shape index (κ2) is 5.93. The molecule has 0 atom stereocenters. The Bertz CT molecular complexity index is 523. The monoisotopic (exact) mass is 300 g/mol. The third-order valence-corrected chi connectivity index (χ3v) is 3.73. The van der Waals surface area contributed by atoms with Gasteiger partial charge in [0.15, 0.2) is 0 Å². The first-order valence-electron chi connectivity index (χ1n) is 5.52. The molecule has 9 heteroatoms. The highest BCUT2D eigenvalue weighted by Crippen LogP contribution is 2.21. The van der Waals surface area contributed by atoms with Gasteiger partial charge in [-0.3, -0.25) is 0 Å². The van der Waals surface area contributed by atoms with Gasteiger partial charge in [0.1, 0.15) is 23.0 Å². The number of nitrogens with one attached hydrogen (secondary N) is 2. The van der Waals surface area contributed by atoms with Gasteiger partial charge in [-0.05, 0) is 13.5 Å². The van der Waals surface area contributed by atoms with Crippen LogP contribution in [-0.4, -0.2) is 27.7 Å². The average molecular weight is 300 g/mol. The van der Waals surface area contributed by atoms with Gasteiger partial charge in [-0.2, -0.15) is 13.2 Å². The summed E-state index contributed by atoms with van der Waals surface area (Å²) in [5.74, 6) is 0.411. The van der Waals surface area contributed by atoms with Crippen LogP contribution in [0.1, 0.15) is 18.4 Å². The summed E-state index contributed by atoms with van der Waals surface area (Å²) in [6.45, 7) is 2.61. The number of rotatable bonds is 6. The van der Waals surface area contributed by atoms with Crippen molar-refractivity contribution in [1.29, 1.82) is 0 Å². The fraction of sp³-hybridized carbons (Fsp3) is 0.600. The maximum Gasteiger partial charge on any atom is 0.402 e. The van der Waals surface area contributed by atoms with Crippen molar-refractivity contribution in [3.8, 4) is 0 Å². The van der Waals surface area contributed by atoms with Crippen molar-refractivity contribution in [2.45, 2.75) is 31.5 Å². The van der Waals surface area contributed by atoms with E-state index in [2.05, 4.69) is 5.32 Å². The molecule has 0 radical (unpaired) electrons. The predicted molar refractivity (Wildman–Crippen MR) is 62.1 cm³/mol. The lowest BCUT2D eigenvalue weighted by Crippen LogP contribution is -2.33. The van der Waals surface area contributed by atoms with E-state index in [1.54, 1.807) is 0 Å². The fourth-order valence-electron chi connectivity index (χ4n) is 1.38. The van der Waals surface area contributed by atoms with Gasteiger partial charge in [0.05, 0.1) is 6.54 Å². The van der Waals surface area contributed by atoms with Crippen LogP contribution < -0.4 is 10.0 Å². The first-order chi connectivity index (χ1) is 8.65. The number of furan rings is 1. The first-order valence-corrected chi connectivity index (χ1v) is 7.00. The Kier molecular flexibility index (Phi) is 4.99. The van der Waals surface area contributed by atoms with E-state index in [4.69, 9.17) is 4.42 Å². The summed E-state index contributed by atoms with van der Waals surface area (Å²) in [5.41, 5.74) is 0. The Labute approximate surface area is 109 Å². The molecule has 0 unspecified atom stereocenters. The highest BCUT2D eigenvalue weighted by molar-refractivity contribution is 7.89. The second-order valence-electron chi connectivity index (χ2n) is 3.85. The standard InChI is InChI=1S/C10H15F3N2O3S/c1-3-14-5-8-4-9(7(2)18-8)19(16,17)15-6-10(11,12)13/h4,14-15H,3,5-6H2,1-2H3. The van der Waals surface area contributed by atoms with Crippen LogP contribution in [0.4, 0.5) is 13.2 Å². The van der Waals surface area contributed by atoms with Crippen LogP contribution >= 0.6 is 0 Å². The summed E-state index contributed by atoms with van der Waals surface area (Å²) in [7, 11) is -4.22. The van der Waals surface area contributed by atoms with Gasteiger partial charge >= 0.3 is 6.18 Å². The number of halogens is 3. The zero-order valence-corrected chi connectivity index (χ0v) is 11.3. The van der Waals surface area contributed by atoms with Crippen molar-refractivity contribution >= 4 is 10.0 Å². The van der Waals surface area contributed by atoms with Crippen LogP contribution in [-0.2, 0) is 16.6 Å². The fourth-order valence-corrected chi connectivity index (χ4v) is 2.60. The molecule has 0 saturated heterocycles. The van der Waals surface area contributed by atoms with Gasteiger partial charge in [-0.25, -0.2) is 13.1 Å². The van der Waals surface area contributed by atoms with Gasteiger partial charge in [-0.1, -0.05) is 6.92 Å². The van der Waals surface area contributed by atoms with Crippen LogP contribution in [0.2, 0.25) is 0 Å². The molecule has 0 aliphatic rings. The molecule has 0 saturated carbocycles. The lowest BCUT2D eigenvalue weighted by Gasteiger charge is -2.08. The van der Waals surface area contributed by atoms with E-state index in [0.29, 0.717) is 18.8 Å². The van der Waals surface area contributed by atoms with Crippen molar-refractivity contribution in [2.24, 2.45) is 0 Å². The van der Waals surface area contributed by atoms with Crippen LogP contribution in [0.15, 0.2) is 15.4 Å². The zero-order chi connectivity index (χ0) is 14.7. The lowest BCUT2D eigenvalue weighted by atomic mass is 10.4. The average Bonchev–Trinajstić information content (AvgIpc) is 2.65. The molecule has 0 aromatic carbocycles. The zero-order valence-electron chi connectivity index (χ0n) is 10.5. The molecular formula is C10H15F3N2O3S. The Hall–Kier alpha value is -1.06. The van der Waals surface area contributed by atoms with Crippen molar-refractivity contribution in [1.82, 2.24) is 10.0 Å². The molecule has 0 amide bonds. The summed E-state index contributed by atoms with van der Waals surface area (Å²) in [6, 6.07) is 1.22. The molecule has 110 valence electrons. The van der Waals surface area contributed by atoms with Gasteiger partial charge < -0.3 is 9.73 Å². The second-order valence-corrected chi connectivity index (χ2v) is 5.59. The van der Waals surface area contributed by atoms with Crippen molar-refractivity contribution in [3.05, 3.63) is 17.6 Å². The van der Waals surface area contributed by atoms with Crippen LogP contribution in [0.25, 0.3) is 0 Å². The molecule has 19 heavy (non-hydrogen) atoms. The molecule has 0 spiro atoms. The smallest absolute Gasteiger partial charge is 0.402 e. The van der Waals surface area contributed by atoms with E-state index in [1.165, 1.54) is 17.7 Å². The maximum absolute atomic E-state index is 12.0. The summed E-state index contributed by atoms with van der Waals surface area (Å²) in [6.07, 6.45) is -4.60. The minimum atomic E-state index is -4.60. The Morgan fingerprint density at radius 2 is 2.00 bits per heavy atom. The van der Waals surface area contributed by atoms with E-state index in [-0.39, 0.29) is 10.7 Å². The molecule has 0 aliphatic heterocycles. The van der Waals surface area contributed by atoms with E-state index < -0.39 is 22.7 Å². The Morgan fingerprint density at radius 1 is 1.37 bits per heavy atom. The van der Waals surface area contributed by atoms with Crippen LogP contribution in [0.3, 0.4) is 0 Å². The number of aryl methyl sites for hydroxylation is 1. The van der Waals surface area contributed by atoms with Crippen LogP contribution in [0, 0.1) is 6.92 Å². The first kappa shape index (κ1) is 16.0. The highest BCUT2D eigenvalue weighted by atomic mass is 32.2. The van der Waals surface area contributed by atoms with E-state index in [0.717, 1.165) is 0 Å². The Morgan fingerprint density at radius 3 is 2.53 bits per heavy atom. The summed E-state index contributed by atoms with van der Waals surface area (Å²) >= 11 is 0. The van der Waals surface area contributed by atoms with E-state index >= 15 is 0 Å². The lowest BCUT2D eigenvalue weighted by molar-refractivity contribution is -0.121. The van der Waals surface area contributed by atoms with Crippen molar-refractivity contribution in [3.63, 3.8) is 0 Å². The number of sulfonamides is 1. The third kappa shape index (κ3) is 4.84. The van der Waals surface area contributed by atoms with Gasteiger partial charge in [-0.15, -0.1) is 0 Å². The molecule has 1 heterocycles. The van der Waals surface area contributed by atoms with Gasteiger partial charge in [0.25, 0.3) is 0 Å². The molecular weight excluding hydrogens is 285 g/mol. The molecule has 1 aromatic rings. The minimum Gasteiger partial charge on any atom is -0.464 e. The van der Waals surface area contributed by atoms with Gasteiger partial charge in [0.2, 0.25) is 10.0 Å².